The summed E-state index contributed by atoms with van der Waals surface area (Å²) in [7, 11) is 0. The van der Waals surface area contributed by atoms with Gasteiger partial charge in [-0.25, -0.2) is 4.79 Å². The summed E-state index contributed by atoms with van der Waals surface area (Å²) in [6, 6.07) is -0.902. The molecule has 1 rings (SSSR count). The smallest absolute Gasteiger partial charge is 0.326 e. The Morgan fingerprint density at radius 2 is 2.05 bits per heavy atom. The van der Waals surface area contributed by atoms with Gasteiger partial charge in [0, 0.05) is 18.4 Å². The Morgan fingerprint density at radius 1 is 1.37 bits per heavy atom. The van der Waals surface area contributed by atoms with E-state index in [0.29, 0.717) is 12.8 Å². The highest BCUT2D eigenvalue weighted by molar-refractivity contribution is 5.85. The van der Waals surface area contributed by atoms with Gasteiger partial charge in [-0.15, -0.1) is 0 Å². The molecule has 0 bridgehead atoms. The van der Waals surface area contributed by atoms with Gasteiger partial charge in [-0.3, -0.25) is 9.59 Å². The maximum absolute atomic E-state index is 12.0. The quantitative estimate of drug-likeness (QED) is 0.532. The van der Waals surface area contributed by atoms with Crippen LogP contribution in [0.1, 0.15) is 32.6 Å². The molecule has 0 aromatic rings. The average Bonchev–Trinajstić information content (AvgIpc) is 2.33. The predicted molar refractivity (Wildman–Crippen MR) is 66.6 cm³/mol. The van der Waals surface area contributed by atoms with Crippen molar-refractivity contribution in [1.82, 2.24) is 10.6 Å². The molecule has 1 aliphatic heterocycles. The fraction of sp³-hybridized carbons (Fsp3) is 0.750. The minimum Gasteiger partial charge on any atom is -0.481 e. The van der Waals surface area contributed by atoms with E-state index in [-0.39, 0.29) is 30.7 Å². The topological polar surface area (TPSA) is 116 Å². The second-order valence-corrected chi connectivity index (χ2v) is 4.91. The number of amides is 1. The number of nitrogens with one attached hydrogen (secondary N) is 2. The minimum absolute atomic E-state index is 0.100. The van der Waals surface area contributed by atoms with Crippen molar-refractivity contribution >= 4 is 17.8 Å². The molecular weight excluding hydrogens is 252 g/mol. The Labute approximate surface area is 111 Å². The van der Waals surface area contributed by atoms with Gasteiger partial charge in [-0.1, -0.05) is 0 Å². The third kappa shape index (κ3) is 5.25. The summed E-state index contributed by atoms with van der Waals surface area (Å²) in [4.78, 5) is 33.4. The summed E-state index contributed by atoms with van der Waals surface area (Å²) in [5.74, 6) is -2.78. The first-order valence-corrected chi connectivity index (χ1v) is 6.38. The number of piperidine rings is 1. The number of carboxylic acid groups (broad SMARTS) is 2. The lowest BCUT2D eigenvalue weighted by molar-refractivity contribution is -0.143. The first-order valence-electron chi connectivity index (χ1n) is 6.38. The highest BCUT2D eigenvalue weighted by Gasteiger charge is 2.28. The number of carboxylic acids is 2. The molecular formula is C12H20N2O5. The molecule has 7 heteroatoms. The van der Waals surface area contributed by atoms with E-state index >= 15 is 0 Å². The molecule has 1 fully saturated rings. The fourth-order valence-electron chi connectivity index (χ4n) is 2.18. The van der Waals surface area contributed by atoms with Gasteiger partial charge in [0.1, 0.15) is 6.04 Å². The predicted octanol–water partition coefficient (Wildman–Crippen LogP) is -0.191. The molecule has 0 aromatic carbocycles. The van der Waals surface area contributed by atoms with Crippen LogP contribution in [0.3, 0.4) is 0 Å². The second-order valence-electron chi connectivity index (χ2n) is 4.91. The van der Waals surface area contributed by atoms with Crippen LogP contribution in [-0.4, -0.2) is 46.7 Å². The standard InChI is InChI=1S/C12H20N2O5/c1-7-6-8(4-5-13-7)11(17)14-9(12(18)19)2-3-10(15)16/h7-9,13H,2-6H2,1H3,(H,14,17)(H,15,16)(H,18,19)/t7?,8?,9-/m0/s1. The number of hydrogen-bond donors (Lipinski definition) is 4. The SMILES string of the molecule is CC1CC(C(=O)N[C@@H](CCC(=O)O)C(=O)O)CCN1. The minimum atomic E-state index is -1.20. The third-order valence-corrected chi connectivity index (χ3v) is 3.26. The van der Waals surface area contributed by atoms with Crippen LogP contribution in [0.25, 0.3) is 0 Å². The van der Waals surface area contributed by atoms with Crippen molar-refractivity contribution in [3.05, 3.63) is 0 Å². The van der Waals surface area contributed by atoms with Crippen LogP contribution in [0.5, 0.6) is 0 Å². The normalized spacial score (nSPS) is 24.5. The maximum atomic E-state index is 12.0. The monoisotopic (exact) mass is 272 g/mol. The third-order valence-electron chi connectivity index (χ3n) is 3.26. The highest BCUT2D eigenvalue weighted by atomic mass is 16.4. The van der Waals surface area contributed by atoms with Crippen molar-refractivity contribution in [2.75, 3.05) is 6.54 Å². The van der Waals surface area contributed by atoms with Gasteiger partial charge >= 0.3 is 11.9 Å². The number of carbonyl (C=O) groups is 3. The Bertz CT molecular complexity index is 358. The van der Waals surface area contributed by atoms with E-state index in [0.717, 1.165) is 6.54 Å². The van der Waals surface area contributed by atoms with Gasteiger partial charge < -0.3 is 20.8 Å². The molecule has 0 aliphatic carbocycles. The number of carbonyl (C=O) groups excluding carboxylic acids is 1. The molecule has 2 unspecified atom stereocenters. The Balaban J connectivity index is 2.50. The summed E-state index contributed by atoms with van der Waals surface area (Å²) < 4.78 is 0. The van der Waals surface area contributed by atoms with Gasteiger partial charge in [-0.2, -0.15) is 0 Å². The van der Waals surface area contributed by atoms with Crippen LogP contribution in [-0.2, 0) is 14.4 Å². The molecule has 0 saturated carbocycles. The molecule has 108 valence electrons. The lowest BCUT2D eigenvalue weighted by atomic mass is 9.92. The molecule has 7 nitrogen and oxygen atoms in total. The Hall–Kier alpha value is -1.63. The summed E-state index contributed by atoms with van der Waals surface area (Å²) >= 11 is 0. The largest absolute Gasteiger partial charge is 0.481 e. The van der Waals surface area contributed by atoms with Gasteiger partial charge in [0.15, 0.2) is 0 Å². The van der Waals surface area contributed by atoms with Crippen LogP contribution < -0.4 is 10.6 Å². The van der Waals surface area contributed by atoms with Crippen LogP contribution >= 0.6 is 0 Å². The van der Waals surface area contributed by atoms with Gasteiger partial charge in [0.05, 0.1) is 0 Å². The van der Waals surface area contributed by atoms with Crippen molar-refractivity contribution in [1.29, 1.82) is 0 Å². The molecule has 1 aliphatic rings. The number of hydrogen-bond acceptors (Lipinski definition) is 4. The van der Waals surface area contributed by atoms with Crippen molar-refractivity contribution in [3.8, 4) is 0 Å². The number of aliphatic carboxylic acids is 2. The summed E-state index contributed by atoms with van der Waals surface area (Å²) in [5, 5.41) is 23.2. The molecule has 0 radical (unpaired) electrons. The van der Waals surface area contributed by atoms with Crippen molar-refractivity contribution in [2.24, 2.45) is 5.92 Å². The second kappa shape index (κ2) is 7.08. The van der Waals surface area contributed by atoms with Crippen molar-refractivity contribution in [2.45, 2.75) is 44.7 Å². The lowest BCUT2D eigenvalue weighted by Crippen LogP contribution is -2.47. The van der Waals surface area contributed by atoms with Crippen LogP contribution in [0.4, 0.5) is 0 Å². The fourth-order valence-corrected chi connectivity index (χ4v) is 2.18. The number of rotatable bonds is 6. The maximum Gasteiger partial charge on any atom is 0.326 e. The zero-order valence-corrected chi connectivity index (χ0v) is 10.9. The summed E-state index contributed by atoms with van der Waals surface area (Å²) in [6.45, 7) is 2.70. The van der Waals surface area contributed by atoms with Gasteiger partial charge in [0.25, 0.3) is 0 Å². The zero-order valence-electron chi connectivity index (χ0n) is 10.9. The molecule has 0 spiro atoms. The lowest BCUT2D eigenvalue weighted by Gasteiger charge is -2.28. The van der Waals surface area contributed by atoms with Gasteiger partial charge in [-0.05, 0) is 32.7 Å². The molecule has 4 N–H and O–H groups in total. The van der Waals surface area contributed by atoms with Crippen molar-refractivity contribution < 1.29 is 24.6 Å². The molecule has 19 heavy (non-hydrogen) atoms. The molecule has 1 heterocycles. The summed E-state index contributed by atoms with van der Waals surface area (Å²) in [6.07, 6.45) is 0.954. The van der Waals surface area contributed by atoms with E-state index in [1.165, 1.54) is 0 Å². The first-order chi connectivity index (χ1) is 8.90. The molecule has 0 aromatic heterocycles. The molecule has 3 atom stereocenters. The van der Waals surface area contributed by atoms with E-state index in [1.807, 2.05) is 6.92 Å². The zero-order chi connectivity index (χ0) is 14.4. The summed E-state index contributed by atoms with van der Waals surface area (Å²) in [5.41, 5.74) is 0. The van der Waals surface area contributed by atoms with E-state index < -0.39 is 18.0 Å². The Morgan fingerprint density at radius 3 is 2.58 bits per heavy atom. The van der Waals surface area contributed by atoms with E-state index in [2.05, 4.69) is 10.6 Å². The van der Waals surface area contributed by atoms with Crippen molar-refractivity contribution in [3.63, 3.8) is 0 Å². The molecule has 1 saturated heterocycles. The molecule has 1 amide bonds. The van der Waals surface area contributed by atoms with E-state index in [1.54, 1.807) is 0 Å². The first kappa shape index (κ1) is 15.4. The van der Waals surface area contributed by atoms with Crippen LogP contribution in [0.2, 0.25) is 0 Å². The van der Waals surface area contributed by atoms with Gasteiger partial charge in [0.2, 0.25) is 5.91 Å². The average molecular weight is 272 g/mol. The Kier molecular flexibility index (Phi) is 5.75. The van der Waals surface area contributed by atoms with Crippen LogP contribution in [0, 0.1) is 5.92 Å². The van der Waals surface area contributed by atoms with Crippen LogP contribution in [0.15, 0.2) is 0 Å². The van der Waals surface area contributed by atoms with E-state index in [4.69, 9.17) is 10.2 Å². The highest BCUT2D eigenvalue weighted by Crippen LogP contribution is 2.16. The van der Waals surface area contributed by atoms with E-state index in [9.17, 15) is 14.4 Å².